The molecule has 0 aliphatic rings. The monoisotopic (exact) mass is 902 g/mol. The quantitative estimate of drug-likeness (QED) is 0.219. The van der Waals surface area contributed by atoms with E-state index >= 15 is 0 Å². The summed E-state index contributed by atoms with van der Waals surface area (Å²) in [5, 5.41) is 0. The third kappa shape index (κ3) is 25.0. The molecule has 0 aromatic rings. The molecule has 0 saturated carbocycles. The first-order valence-electron chi connectivity index (χ1n) is 0. The predicted molar refractivity (Wildman–Crippen MR) is 50.6 cm³/mol. The summed E-state index contributed by atoms with van der Waals surface area (Å²) in [6.45, 7) is 0. The van der Waals surface area contributed by atoms with Gasteiger partial charge in [-0.15, -0.1) is 12.4 Å². The molecule has 0 aromatic heterocycles. The van der Waals surface area contributed by atoms with Gasteiger partial charge in [-0.3, -0.25) is 0 Å². The molecule has 0 saturated heterocycles. The van der Waals surface area contributed by atoms with Crippen LogP contribution in [0.5, 0.6) is 0 Å². The van der Waals surface area contributed by atoms with Crippen molar-refractivity contribution in [3.63, 3.8) is 0 Å². The summed E-state index contributed by atoms with van der Waals surface area (Å²) < 4.78 is 0. The van der Waals surface area contributed by atoms with Gasteiger partial charge in [-0.1, -0.05) is 0 Å². The van der Waals surface area contributed by atoms with E-state index in [9.17, 15) is 0 Å². The summed E-state index contributed by atoms with van der Waals surface area (Å²) in [5.41, 5.74) is 0. The molecule has 0 unspecified atom stereocenters. The van der Waals surface area contributed by atoms with E-state index in [4.69, 9.17) is 0 Å². The minimum atomic E-state index is 0. The zero-order valence-electron chi connectivity index (χ0n) is 3.74. The van der Waals surface area contributed by atoms with E-state index in [1.807, 2.05) is 0 Å². The van der Waals surface area contributed by atoms with Crippen LogP contribution in [-0.4, -0.2) is 110 Å². The van der Waals surface area contributed by atoms with E-state index in [0.717, 1.165) is 0 Å². The Kier molecular flexibility index (Phi) is 327. The first-order valence-corrected chi connectivity index (χ1v) is 0. The van der Waals surface area contributed by atoms with E-state index in [1.165, 1.54) is 0 Å². The van der Waals surface area contributed by atoms with Crippen molar-refractivity contribution in [2.75, 3.05) is 0 Å². The standard InChI is InChI=1S/4Bi.ClH.H2O.12H/h;;;;1H;1H2;;;;;;;;;;;;. The molecular formula is H15Bi4ClO. The summed E-state index contributed by atoms with van der Waals surface area (Å²) in [6, 6.07) is 0. The minimum absolute atomic E-state index is 0. The molecule has 0 heterocycles. The molecule has 1 nitrogen and oxygen atoms in total. The van der Waals surface area contributed by atoms with Gasteiger partial charge in [-0.05, 0) is 0 Å². The molecule has 0 aliphatic carbocycles. The second-order valence-corrected chi connectivity index (χ2v) is 0. The van der Waals surface area contributed by atoms with Crippen LogP contribution in [0.15, 0.2) is 0 Å². The second kappa shape index (κ2) is 37.2. The first kappa shape index (κ1) is 52.7. The molecule has 2 N–H and O–H groups in total. The SMILES string of the molecule is Cl.O.[BiH3].[BiH3].[BiH3].[BiH3]. The third-order valence-electron chi connectivity index (χ3n) is 0. The number of hydrogen-bond acceptors (Lipinski definition) is 0. The number of rotatable bonds is 0. The summed E-state index contributed by atoms with van der Waals surface area (Å²) in [4.78, 5) is 0. The van der Waals surface area contributed by atoms with Gasteiger partial charge in [0.05, 0.1) is 0 Å². The van der Waals surface area contributed by atoms with Crippen molar-refractivity contribution in [3.05, 3.63) is 0 Å². The Hall–Kier alpha value is 3.78. The van der Waals surface area contributed by atoms with Crippen LogP contribution in [0.2, 0.25) is 0 Å². The van der Waals surface area contributed by atoms with Crippen LogP contribution in [0, 0.1) is 0 Å². The molecule has 48 valence electrons. The van der Waals surface area contributed by atoms with Crippen molar-refractivity contribution in [1.82, 2.24) is 0 Å². The fraction of sp³-hybridized carbons (Fsp3) is 0. The Morgan fingerprint density at radius 1 is 0.500 bits per heavy atom. The molecule has 0 radical (unpaired) electrons. The van der Waals surface area contributed by atoms with Gasteiger partial charge >= 0.3 is 105 Å². The van der Waals surface area contributed by atoms with Gasteiger partial charge in [0.2, 0.25) is 0 Å². The van der Waals surface area contributed by atoms with Gasteiger partial charge in [-0.25, -0.2) is 0 Å². The second-order valence-electron chi connectivity index (χ2n) is 0. The first-order chi connectivity index (χ1) is 0. The topological polar surface area (TPSA) is 31.5 Å². The Labute approximate surface area is 120 Å². The maximum absolute atomic E-state index is 0. The zero-order chi connectivity index (χ0) is 0. The Balaban J connectivity index is 0. The van der Waals surface area contributed by atoms with Crippen LogP contribution in [0.1, 0.15) is 0 Å². The van der Waals surface area contributed by atoms with Crippen LogP contribution in [0.25, 0.3) is 0 Å². The normalized spacial score (nSPS) is 0. The molecule has 0 amide bonds. The molecule has 0 aliphatic heterocycles. The van der Waals surface area contributed by atoms with Crippen molar-refractivity contribution in [1.29, 1.82) is 0 Å². The van der Waals surface area contributed by atoms with E-state index in [1.54, 1.807) is 0 Å². The fourth-order valence-corrected chi connectivity index (χ4v) is 0. The van der Waals surface area contributed by atoms with Crippen molar-refractivity contribution < 1.29 is 5.48 Å². The Morgan fingerprint density at radius 3 is 0.500 bits per heavy atom. The number of hydrogen-bond donors (Lipinski definition) is 0. The summed E-state index contributed by atoms with van der Waals surface area (Å²) in [6.07, 6.45) is 0. The molecule has 0 rings (SSSR count). The third-order valence-corrected chi connectivity index (χ3v) is 0. The summed E-state index contributed by atoms with van der Waals surface area (Å²) in [5.74, 6) is 0. The van der Waals surface area contributed by atoms with Gasteiger partial charge in [0.1, 0.15) is 0 Å². The van der Waals surface area contributed by atoms with E-state index in [0.29, 0.717) is 0 Å². The Morgan fingerprint density at radius 2 is 0.500 bits per heavy atom. The average Bonchev–Trinajstić information content (AvgIpc) is 0. The van der Waals surface area contributed by atoms with Crippen LogP contribution >= 0.6 is 12.4 Å². The van der Waals surface area contributed by atoms with Crippen LogP contribution in [-0.2, 0) is 0 Å². The van der Waals surface area contributed by atoms with Gasteiger partial charge in [0.15, 0.2) is 0 Å². The maximum atomic E-state index is 0. The van der Waals surface area contributed by atoms with Gasteiger partial charge in [0.25, 0.3) is 0 Å². The van der Waals surface area contributed by atoms with Crippen molar-refractivity contribution >= 4 is 117 Å². The van der Waals surface area contributed by atoms with E-state index < -0.39 is 0 Å². The summed E-state index contributed by atoms with van der Waals surface area (Å²) in [7, 11) is 0. The molecule has 0 bridgehead atoms. The average molecular weight is 902 g/mol. The molecular weight excluding hydrogens is 887 g/mol. The van der Waals surface area contributed by atoms with Gasteiger partial charge in [0, 0.05) is 0 Å². The van der Waals surface area contributed by atoms with E-state index in [-0.39, 0.29) is 123 Å². The number of halogens is 1. The van der Waals surface area contributed by atoms with Crippen LogP contribution < -0.4 is 0 Å². The van der Waals surface area contributed by atoms with Crippen molar-refractivity contribution in [3.8, 4) is 0 Å². The van der Waals surface area contributed by atoms with Crippen LogP contribution in [0.3, 0.4) is 0 Å². The molecule has 6 heavy (non-hydrogen) atoms. The van der Waals surface area contributed by atoms with Crippen LogP contribution in [0.4, 0.5) is 0 Å². The molecule has 0 atom stereocenters. The Bertz CT molecular complexity index is 7.51. The van der Waals surface area contributed by atoms with E-state index in [2.05, 4.69) is 0 Å². The molecule has 6 heteroatoms. The summed E-state index contributed by atoms with van der Waals surface area (Å²) >= 11 is 0. The van der Waals surface area contributed by atoms with Gasteiger partial charge < -0.3 is 5.48 Å². The molecule has 0 aromatic carbocycles. The zero-order valence-corrected chi connectivity index (χ0v) is 26.5. The molecule has 0 spiro atoms. The van der Waals surface area contributed by atoms with Crippen molar-refractivity contribution in [2.45, 2.75) is 0 Å². The molecule has 0 fully saturated rings. The van der Waals surface area contributed by atoms with Crippen molar-refractivity contribution in [2.24, 2.45) is 0 Å². The van der Waals surface area contributed by atoms with Gasteiger partial charge in [-0.2, -0.15) is 0 Å². The fourth-order valence-electron chi connectivity index (χ4n) is 0. The predicted octanol–water partition coefficient (Wildman–Crippen LogP) is -5.14.